The zero-order chi connectivity index (χ0) is 12.0. The average molecular weight is 290 g/mol. The second-order valence-electron chi connectivity index (χ2n) is 3.89. The maximum atomic E-state index is 12.5. The molecule has 0 amide bonds. The summed E-state index contributed by atoms with van der Waals surface area (Å²) in [4.78, 5) is 0. The van der Waals surface area contributed by atoms with Crippen LogP contribution in [0, 0.1) is 11.3 Å². The van der Waals surface area contributed by atoms with Gasteiger partial charge >= 0.3 is 6.18 Å². The molecule has 0 aliphatic heterocycles. The van der Waals surface area contributed by atoms with Gasteiger partial charge in [0.2, 0.25) is 0 Å². The summed E-state index contributed by atoms with van der Waals surface area (Å²) in [6, 6.07) is 5.53. The van der Waals surface area contributed by atoms with Crippen LogP contribution >= 0.6 is 15.9 Å². The molecule has 0 unspecified atom stereocenters. The minimum Gasteiger partial charge on any atom is -0.197 e. The van der Waals surface area contributed by atoms with Gasteiger partial charge in [-0.15, -0.1) is 0 Å². The van der Waals surface area contributed by atoms with E-state index in [1.807, 2.05) is 0 Å². The van der Waals surface area contributed by atoms with Gasteiger partial charge in [0.1, 0.15) is 0 Å². The van der Waals surface area contributed by atoms with Gasteiger partial charge in [0.25, 0.3) is 0 Å². The maximum Gasteiger partial charge on any atom is 0.416 e. The van der Waals surface area contributed by atoms with Gasteiger partial charge in [0.05, 0.1) is 17.0 Å². The van der Waals surface area contributed by atoms with E-state index in [9.17, 15) is 13.2 Å². The molecule has 5 heteroatoms. The first-order valence-electron chi connectivity index (χ1n) is 4.67. The van der Waals surface area contributed by atoms with Crippen molar-refractivity contribution in [1.82, 2.24) is 0 Å². The van der Waals surface area contributed by atoms with E-state index in [1.165, 1.54) is 6.07 Å². The van der Waals surface area contributed by atoms with Gasteiger partial charge in [-0.2, -0.15) is 18.4 Å². The van der Waals surface area contributed by atoms with E-state index in [-0.39, 0.29) is 0 Å². The number of nitriles is 1. The van der Waals surface area contributed by atoms with Crippen LogP contribution in [0.15, 0.2) is 22.7 Å². The summed E-state index contributed by atoms with van der Waals surface area (Å²) in [5.74, 6) is 0. The molecule has 1 aliphatic rings. The average Bonchev–Trinajstić information content (AvgIpc) is 2.97. The third kappa shape index (κ3) is 1.82. The van der Waals surface area contributed by atoms with E-state index in [0.717, 1.165) is 12.1 Å². The van der Waals surface area contributed by atoms with Crippen LogP contribution in [0.5, 0.6) is 0 Å². The van der Waals surface area contributed by atoms with Crippen molar-refractivity contribution in [3.8, 4) is 6.07 Å². The Balaban J connectivity index is 2.51. The van der Waals surface area contributed by atoms with Crippen LogP contribution in [0.25, 0.3) is 0 Å². The lowest BCUT2D eigenvalue weighted by Gasteiger charge is -2.13. The number of halogens is 4. The fourth-order valence-corrected chi connectivity index (χ4v) is 2.26. The molecular weight excluding hydrogens is 283 g/mol. The minimum absolute atomic E-state index is 0.449. The number of benzene rings is 1. The predicted octanol–water partition coefficient (Wildman–Crippen LogP) is 4.02. The molecule has 1 saturated carbocycles. The predicted molar refractivity (Wildman–Crippen MR) is 55.7 cm³/mol. The first-order chi connectivity index (χ1) is 7.39. The molecule has 1 aromatic carbocycles. The molecule has 0 aromatic heterocycles. The first-order valence-corrected chi connectivity index (χ1v) is 5.47. The van der Waals surface area contributed by atoms with Crippen molar-refractivity contribution >= 4 is 15.9 Å². The molecule has 0 saturated heterocycles. The summed E-state index contributed by atoms with van der Waals surface area (Å²) < 4.78 is 38.1. The van der Waals surface area contributed by atoms with Gasteiger partial charge in [-0.25, -0.2) is 0 Å². The maximum absolute atomic E-state index is 12.5. The Morgan fingerprint density at radius 1 is 1.31 bits per heavy atom. The van der Waals surface area contributed by atoms with Crippen LogP contribution in [0.4, 0.5) is 13.2 Å². The van der Waals surface area contributed by atoms with Crippen molar-refractivity contribution in [3.63, 3.8) is 0 Å². The van der Waals surface area contributed by atoms with Crippen molar-refractivity contribution in [2.24, 2.45) is 0 Å². The van der Waals surface area contributed by atoms with Gasteiger partial charge in [-0.3, -0.25) is 0 Å². The van der Waals surface area contributed by atoms with Crippen LogP contribution < -0.4 is 0 Å². The van der Waals surface area contributed by atoms with Crippen LogP contribution in [0.1, 0.15) is 24.0 Å². The smallest absolute Gasteiger partial charge is 0.197 e. The highest BCUT2D eigenvalue weighted by Gasteiger charge is 2.47. The Morgan fingerprint density at radius 2 is 1.94 bits per heavy atom. The van der Waals surface area contributed by atoms with Gasteiger partial charge in [0, 0.05) is 4.47 Å². The molecule has 1 fully saturated rings. The van der Waals surface area contributed by atoms with Crippen LogP contribution in [0.3, 0.4) is 0 Å². The lowest BCUT2D eigenvalue weighted by atomic mass is 9.96. The first kappa shape index (κ1) is 11.5. The van der Waals surface area contributed by atoms with Crippen molar-refractivity contribution in [3.05, 3.63) is 33.8 Å². The van der Waals surface area contributed by atoms with Gasteiger partial charge in [-0.05, 0) is 36.6 Å². The van der Waals surface area contributed by atoms with E-state index >= 15 is 0 Å². The number of rotatable bonds is 1. The molecule has 0 radical (unpaired) electrons. The fraction of sp³-hybridized carbons (Fsp3) is 0.364. The molecule has 0 atom stereocenters. The normalized spacial score (nSPS) is 17.9. The van der Waals surface area contributed by atoms with Crippen LogP contribution in [-0.2, 0) is 11.6 Å². The largest absolute Gasteiger partial charge is 0.416 e. The third-order valence-electron chi connectivity index (χ3n) is 2.77. The molecule has 1 aliphatic carbocycles. The number of alkyl halides is 3. The summed E-state index contributed by atoms with van der Waals surface area (Å²) in [6.45, 7) is 0. The topological polar surface area (TPSA) is 23.8 Å². The SMILES string of the molecule is N#CC1(c2cc(C(F)(F)F)ccc2Br)CC1. The zero-order valence-corrected chi connectivity index (χ0v) is 9.69. The summed E-state index contributed by atoms with van der Waals surface area (Å²) >= 11 is 3.20. The quantitative estimate of drug-likeness (QED) is 0.766. The number of nitrogens with zero attached hydrogens (tertiary/aromatic N) is 1. The van der Waals surface area contributed by atoms with Crippen molar-refractivity contribution in [2.45, 2.75) is 24.4 Å². The van der Waals surface area contributed by atoms with Gasteiger partial charge in [0.15, 0.2) is 0 Å². The number of hydrogen-bond acceptors (Lipinski definition) is 1. The highest BCUT2D eigenvalue weighted by molar-refractivity contribution is 9.10. The number of hydrogen-bond donors (Lipinski definition) is 0. The lowest BCUT2D eigenvalue weighted by Crippen LogP contribution is -2.09. The Hall–Kier alpha value is -1.02. The zero-order valence-electron chi connectivity index (χ0n) is 8.11. The second-order valence-corrected chi connectivity index (χ2v) is 4.74. The van der Waals surface area contributed by atoms with Gasteiger partial charge < -0.3 is 0 Å². The molecular formula is C11H7BrF3N. The second kappa shape index (κ2) is 3.49. The fourth-order valence-electron chi connectivity index (χ4n) is 1.63. The summed E-state index contributed by atoms with van der Waals surface area (Å²) in [7, 11) is 0. The molecule has 0 heterocycles. The summed E-state index contributed by atoms with van der Waals surface area (Å²) in [6.07, 6.45) is -3.10. The van der Waals surface area contributed by atoms with E-state index in [0.29, 0.717) is 22.9 Å². The van der Waals surface area contributed by atoms with E-state index in [1.54, 1.807) is 0 Å². The Morgan fingerprint density at radius 3 is 2.38 bits per heavy atom. The molecule has 1 nitrogen and oxygen atoms in total. The van der Waals surface area contributed by atoms with Crippen molar-refractivity contribution in [1.29, 1.82) is 5.26 Å². The monoisotopic (exact) mass is 289 g/mol. The van der Waals surface area contributed by atoms with E-state index < -0.39 is 17.2 Å². The minimum atomic E-state index is -4.36. The van der Waals surface area contributed by atoms with Crippen LogP contribution in [-0.4, -0.2) is 0 Å². The van der Waals surface area contributed by atoms with Gasteiger partial charge in [-0.1, -0.05) is 15.9 Å². The molecule has 2 rings (SSSR count). The van der Waals surface area contributed by atoms with Crippen LogP contribution in [0.2, 0.25) is 0 Å². The Bertz CT molecular complexity index is 469. The third-order valence-corrected chi connectivity index (χ3v) is 3.46. The summed E-state index contributed by atoms with van der Waals surface area (Å²) in [5, 5.41) is 8.98. The van der Waals surface area contributed by atoms with E-state index in [4.69, 9.17) is 5.26 Å². The molecule has 1 aromatic rings. The van der Waals surface area contributed by atoms with Crippen molar-refractivity contribution < 1.29 is 13.2 Å². The lowest BCUT2D eigenvalue weighted by molar-refractivity contribution is -0.137. The standard InChI is InChI=1S/C11H7BrF3N/c12-9-2-1-7(11(13,14)15)5-8(9)10(6-16)3-4-10/h1-2,5H,3-4H2. The molecule has 0 spiro atoms. The highest BCUT2D eigenvalue weighted by atomic mass is 79.9. The molecule has 0 N–H and O–H groups in total. The molecule has 16 heavy (non-hydrogen) atoms. The van der Waals surface area contributed by atoms with Crippen molar-refractivity contribution in [2.75, 3.05) is 0 Å². The summed E-state index contributed by atoms with van der Waals surface area (Å²) in [5.41, 5.74) is -0.961. The molecule has 0 bridgehead atoms. The highest BCUT2D eigenvalue weighted by Crippen LogP contribution is 2.50. The Labute approximate surface area is 99.0 Å². The molecule has 84 valence electrons. The Kier molecular flexibility index (Phi) is 2.50. The van der Waals surface area contributed by atoms with E-state index in [2.05, 4.69) is 22.0 Å².